The number of fused-ring (bicyclic) bond motifs is 1. The molecule has 0 bridgehead atoms. The van der Waals surface area contributed by atoms with Crippen molar-refractivity contribution in [2.75, 3.05) is 10.6 Å². The normalized spacial score (nSPS) is 18.8. The van der Waals surface area contributed by atoms with Crippen molar-refractivity contribution in [1.82, 2.24) is 9.78 Å². The Balaban J connectivity index is 1.65. The smallest absolute Gasteiger partial charge is 0.410 e. The van der Waals surface area contributed by atoms with Crippen LogP contribution in [0.5, 0.6) is 0 Å². The minimum atomic E-state index is -4.52. The molecule has 29 heavy (non-hydrogen) atoms. The first-order valence-electron chi connectivity index (χ1n) is 9.07. The Morgan fingerprint density at radius 1 is 1.28 bits per heavy atom. The van der Waals surface area contributed by atoms with E-state index in [-0.39, 0.29) is 17.9 Å². The average Bonchev–Trinajstić information content (AvgIpc) is 3.32. The molecule has 9 heteroatoms. The average molecular weight is 404 g/mol. The first-order chi connectivity index (χ1) is 13.7. The second-order valence-corrected chi connectivity index (χ2v) is 7.14. The number of anilines is 2. The molecule has 0 radical (unpaired) electrons. The first-order valence-corrected chi connectivity index (χ1v) is 9.07. The van der Waals surface area contributed by atoms with Crippen LogP contribution in [0.25, 0.3) is 0 Å². The number of amides is 1. The maximum absolute atomic E-state index is 13.7. The maximum atomic E-state index is 13.7. The van der Waals surface area contributed by atoms with Gasteiger partial charge in [0.15, 0.2) is 11.7 Å². The molecule has 0 unspecified atom stereocenters. The number of aromatic nitrogens is 2. The Hall–Kier alpha value is -3.23. The number of hydrogen-bond donors (Lipinski definition) is 2. The molecule has 6 nitrogen and oxygen atoms in total. The Bertz CT molecular complexity index is 1040. The molecule has 152 valence electrons. The van der Waals surface area contributed by atoms with E-state index < -0.39 is 24.2 Å². The number of carbonyl (C=O) groups is 1. The van der Waals surface area contributed by atoms with Crippen LogP contribution in [0.3, 0.4) is 0 Å². The van der Waals surface area contributed by atoms with Crippen LogP contribution in [0, 0.1) is 13.8 Å². The molecule has 1 amide bonds. The van der Waals surface area contributed by atoms with Crippen LogP contribution >= 0.6 is 0 Å². The van der Waals surface area contributed by atoms with Gasteiger partial charge in [-0.25, -0.2) is 4.68 Å². The molecular weight excluding hydrogens is 385 g/mol. The molecule has 4 rings (SSSR count). The lowest BCUT2D eigenvalue weighted by molar-refractivity contribution is -0.174. The highest BCUT2D eigenvalue weighted by atomic mass is 19.4. The summed E-state index contributed by atoms with van der Waals surface area (Å²) in [6, 6.07) is 7.60. The van der Waals surface area contributed by atoms with Gasteiger partial charge in [0.1, 0.15) is 11.6 Å². The summed E-state index contributed by atoms with van der Waals surface area (Å²) in [4.78, 5) is 12.6. The third kappa shape index (κ3) is 3.72. The lowest BCUT2D eigenvalue weighted by Crippen LogP contribution is -2.35. The van der Waals surface area contributed by atoms with Gasteiger partial charge in [-0.1, -0.05) is 12.1 Å². The fourth-order valence-corrected chi connectivity index (χ4v) is 3.42. The number of alkyl halides is 3. The molecule has 2 N–H and O–H groups in total. The van der Waals surface area contributed by atoms with Gasteiger partial charge in [0, 0.05) is 18.2 Å². The highest BCUT2D eigenvalue weighted by molar-refractivity contribution is 6.03. The molecule has 0 saturated carbocycles. The Kier molecular flexibility index (Phi) is 4.60. The molecule has 2 atom stereocenters. The summed E-state index contributed by atoms with van der Waals surface area (Å²) in [5, 5.41) is 9.67. The molecule has 0 saturated heterocycles. The SMILES string of the molecule is Cc1ccc(C)c(NC(=O)c2cc3n(n2)[C@H](C(F)(F)F)C[C@H](c2ccco2)N3)c1. The van der Waals surface area contributed by atoms with Crippen LogP contribution in [0.4, 0.5) is 24.7 Å². The molecule has 3 aromatic rings. The van der Waals surface area contributed by atoms with Gasteiger partial charge < -0.3 is 15.1 Å². The molecule has 1 aromatic carbocycles. The molecule has 1 aliphatic heterocycles. The van der Waals surface area contributed by atoms with E-state index >= 15 is 0 Å². The molecular formula is C20H19F3N4O2. The molecule has 1 aliphatic rings. The summed E-state index contributed by atoms with van der Waals surface area (Å²) in [6.07, 6.45) is -3.40. The third-order valence-electron chi connectivity index (χ3n) is 4.95. The van der Waals surface area contributed by atoms with E-state index in [1.54, 1.807) is 18.2 Å². The Labute approximate surface area is 164 Å². The monoisotopic (exact) mass is 404 g/mol. The van der Waals surface area contributed by atoms with Crippen molar-refractivity contribution in [3.05, 3.63) is 65.2 Å². The van der Waals surface area contributed by atoms with Crippen molar-refractivity contribution in [2.24, 2.45) is 0 Å². The van der Waals surface area contributed by atoms with Crippen molar-refractivity contribution in [3.63, 3.8) is 0 Å². The lowest BCUT2D eigenvalue weighted by Gasteiger charge is -2.32. The molecule has 0 spiro atoms. The van der Waals surface area contributed by atoms with Crippen LogP contribution in [0.15, 0.2) is 47.1 Å². The minimum Gasteiger partial charge on any atom is -0.467 e. The Morgan fingerprint density at radius 3 is 2.76 bits per heavy atom. The highest BCUT2D eigenvalue weighted by Gasteiger charge is 2.47. The Morgan fingerprint density at radius 2 is 2.07 bits per heavy atom. The van der Waals surface area contributed by atoms with Gasteiger partial charge in [0.2, 0.25) is 0 Å². The van der Waals surface area contributed by atoms with Crippen molar-refractivity contribution in [3.8, 4) is 0 Å². The summed E-state index contributed by atoms with van der Waals surface area (Å²) in [7, 11) is 0. The van der Waals surface area contributed by atoms with Crippen molar-refractivity contribution >= 4 is 17.4 Å². The number of furan rings is 1. The number of hydrogen-bond acceptors (Lipinski definition) is 4. The van der Waals surface area contributed by atoms with Crippen molar-refractivity contribution in [1.29, 1.82) is 0 Å². The number of aryl methyl sites for hydroxylation is 2. The highest BCUT2D eigenvalue weighted by Crippen LogP contribution is 2.43. The van der Waals surface area contributed by atoms with Crippen molar-refractivity contribution < 1.29 is 22.4 Å². The van der Waals surface area contributed by atoms with Crippen LogP contribution < -0.4 is 10.6 Å². The molecule has 3 heterocycles. The van der Waals surface area contributed by atoms with Crippen molar-refractivity contribution in [2.45, 2.75) is 38.5 Å². The first kappa shape index (κ1) is 19.1. The van der Waals surface area contributed by atoms with E-state index in [0.717, 1.165) is 15.8 Å². The topological polar surface area (TPSA) is 72.1 Å². The van der Waals surface area contributed by atoms with Crippen LogP contribution in [-0.2, 0) is 0 Å². The summed E-state index contributed by atoms with van der Waals surface area (Å²) < 4.78 is 47.1. The van der Waals surface area contributed by atoms with E-state index in [0.29, 0.717) is 11.4 Å². The number of nitrogens with one attached hydrogen (secondary N) is 2. The van der Waals surface area contributed by atoms with Crippen LogP contribution in [0.2, 0.25) is 0 Å². The predicted octanol–water partition coefficient (Wildman–Crippen LogP) is 5.01. The zero-order valence-electron chi connectivity index (χ0n) is 15.7. The van der Waals surface area contributed by atoms with Gasteiger partial charge >= 0.3 is 6.18 Å². The van der Waals surface area contributed by atoms with E-state index in [1.165, 1.54) is 12.3 Å². The number of rotatable bonds is 3. The van der Waals surface area contributed by atoms with E-state index in [4.69, 9.17) is 4.42 Å². The predicted molar refractivity (Wildman–Crippen MR) is 101 cm³/mol. The molecule has 0 aliphatic carbocycles. The maximum Gasteiger partial charge on any atom is 0.410 e. The van der Waals surface area contributed by atoms with Crippen LogP contribution in [-0.4, -0.2) is 21.9 Å². The second kappa shape index (κ2) is 6.98. The minimum absolute atomic E-state index is 0.0947. The summed E-state index contributed by atoms with van der Waals surface area (Å²) in [6.45, 7) is 3.72. The standard InChI is InChI=1S/C20H19F3N4O2/c1-11-5-6-12(2)13(8-11)25-19(28)15-10-18-24-14(16-4-3-7-29-16)9-17(20(21,22)23)27(18)26-15/h3-8,10,14,17,24H,9H2,1-2H3,(H,25,28)/t14-,17+/m1/s1. The number of benzene rings is 1. The zero-order valence-corrected chi connectivity index (χ0v) is 15.7. The lowest BCUT2D eigenvalue weighted by atomic mass is 10.0. The van der Waals surface area contributed by atoms with Gasteiger partial charge in [-0.3, -0.25) is 4.79 Å². The van der Waals surface area contributed by atoms with E-state index in [2.05, 4.69) is 15.7 Å². The summed E-state index contributed by atoms with van der Waals surface area (Å²) in [5.74, 6) is -0.0583. The second-order valence-electron chi connectivity index (χ2n) is 7.14. The third-order valence-corrected chi connectivity index (χ3v) is 4.95. The largest absolute Gasteiger partial charge is 0.467 e. The van der Waals surface area contributed by atoms with Gasteiger partial charge in [0.05, 0.1) is 12.3 Å². The molecule has 2 aromatic heterocycles. The zero-order chi connectivity index (χ0) is 20.8. The quantitative estimate of drug-likeness (QED) is 0.644. The fraction of sp³-hybridized carbons (Fsp3) is 0.300. The summed E-state index contributed by atoms with van der Waals surface area (Å²) >= 11 is 0. The van der Waals surface area contributed by atoms with Gasteiger partial charge in [-0.2, -0.15) is 18.3 Å². The van der Waals surface area contributed by atoms with E-state index in [1.807, 2.05) is 26.0 Å². The number of carbonyl (C=O) groups excluding carboxylic acids is 1. The fourth-order valence-electron chi connectivity index (χ4n) is 3.42. The number of halogens is 3. The van der Waals surface area contributed by atoms with Crippen LogP contribution in [0.1, 0.15) is 45.9 Å². The molecule has 0 fully saturated rings. The van der Waals surface area contributed by atoms with E-state index in [9.17, 15) is 18.0 Å². The number of nitrogens with zero attached hydrogens (tertiary/aromatic N) is 2. The van der Waals surface area contributed by atoms with Gasteiger partial charge in [-0.05, 0) is 43.2 Å². The summed E-state index contributed by atoms with van der Waals surface area (Å²) in [5.41, 5.74) is 2.30. The van der Waals surface area contributed by atoms with Gasteiger partial charge in [-0.15, -0.1) is 0 Å². The van der Waals surface area contributed by atoms with Gasteiger partial charge in [0.25, 0.3) is 5.91 Å².